The SMILES string of the molecule is CCS(=O)(=O)c1ccc2c(c1)NC(=O)[C@@H](C)O2. The van der Waals surface area contributed by atoms with Gasteiger partial charge in [-0.3, -0.25) is 4.79 Å². The summed E-state index contributed by atoms with van der Waals surface area (Å²) < 4.78 is 28.7. The molecule has 1 aromatic rings. The van der Waals surface area contributed by atoms with E-state index in [9.17, 15) is 13.2 Å². The van der Waals surface area contributed by atoms with E-state index in [-0.39, 0.29) is 16.6 Å². The van der Waals surface area contributed by atoms with Crippen LogP contribution in [0.1, 0.15) is 13.8 Å². The first-order chi connectivity index (χ1) is 7.94. The number of sulfone groups is 1. The smallest absolute Gasteiger partial charge is 0.265 e. The lowest BCUT2D eigenvalue weighted by atomic mass is 10.2. The lowest BCUT2D eigenvalue weighted by Crippen LogP contribution is -2.34. The van der Waals surface area contributed by atoms with Crippen LogP contribution in [0.15, 0.2) is 23.1 Å². The molecule has 6 heteroatoms. The van der Waals surface area contributed by atoms with E-state index in [0.29, 0.717) is 11.4 Å². The summed E-state index contributed by atoms with van der Waals surface area (Å²) in [6.45, 7) is 3.21. The highest BCUT2D eigenvalue weighted by molar-refractivity contribution is 7.91. The zero-order valence-corrected chi connectivity index (χ0v) is 10.4. The maximum Gasteiger partial charge on any atom is 0.265 e. The van der Waals surface area contributed by atoms with Crippen LogP contribution in [0.2, 0.25) is 0 Å². The lowest BCUT2D eigenvalue weighted by Gasteiger charge is -2.23. The van der Waals surface area contributed by atoms with Gasteiger partial charge in [-0.05, 0) is 25.1 Å². The zero-order valence-electron chi connectivity index (χ0n) is 9.56. The van der Waals surface area contributed by atoms with E-state index in [0.717, 1.165) is 0 Å². The number of nitrogens with one attached hydrogen (secondary N) is 1. The minimum atomic E-state index is -3.27. The van der Waals surface area contributed by atoms with Crippen LogP contribution in [0.5, 0.6) is 5.75 Å². The standard InChI is InChI=1S/C11H13NO4S/c1-3-17(14,15)8-4-5-10-9(6-8)12-11(13)7(2)16-10/h4-7H,3H2,1-2H3,(H,12,13)/t7-/m1/s1. The quantitative estimate of drug-likeness (QED) is 0.861. The van der Waals surface area contributed by atoms with Crippen LogP contribution in [0.25, 0.3) is 0 Å². The molecule has 0 radical (unpaired) electrons. The second-order valence-corrected chi connectivity index (χ2v) is 6.09. The Morgan fingerprint density at radius 2 is 2.12 bits per heavy atom. The molecule has 1 heterocycles. The second-order valence-electron chi connectivity index (χ2n) is 3.81. The van der Waals surface area contributed by atoms with Crippen molar-refractivity contribution in [2.75, 3.05) is 11.1 Å². The predicted molar refractivity (Wildman–Crippen MR) is 62.9 cm³/mol. The minimum Gasteiger partial charge on any atom is -0.479 e. The third-order valence-electron chi connectivity index (χ3n) is 2.62. The molecule has 0 saturated heterocycles. The van der Waals surface area contributed by atoms with Gasteiger partial charge in [0.05, 0.1) is 16.3 Å². The molecule has 1 N–H and O–H groups in total. The van der Waals surface area contributed by atoms with Gasteiger partial charge in [0, 0.05) is 0 Å². The van der Waals surface area contributed by atoms with Crippen LogP contribution in [-0.4, -0.2) is 26.2 Å². The Morgan fingerprint density at radius 3 is 2.76 bits per heavy atom. The van der Waals surface area contributed by atoms with Gasteiger partial charge in [-0.15, -0.1) is 0 Å². The molecule has 1 aromatic carbocycles. The summed E-state index contributed by atoms with van der Waals surface area (Å²) in [5.41, 5.74) is 0.405. The third kappa shape index (κ3) is 2.12. The highest BCUT2D eigenvalue weighted by Crippen LogP contribution is 2.31. The van der Waals surface area contributed by atoms with Crippen molar-refractivity contribution in [2.45, 2.75) is 24.8 Å². The van der Waals surface area contributed by atoms with Crippen LogP contribution < -0.4 is 10.1 Å². The minimum absolute atomic E-state index is 0.0248. The van der Waals surface area contributed by atoms with E-state index in [1.807, 2.05) is 0 Å². The molecule has 1 aliphatic heterocycles. The molecule has 0 fully saturated rings. The van der Waals surface area contributed by atoms with Crippen molar-refractivity contribution < 1.29 is 17.9 Å². The van der Waals surface area contributed by atoms with Crippen molar-refractivity contribution in [3.05, 3.63) is 18.2 Å². The summed E-state index contributed by atoms with van der Waals surface area (Å²) in [7, 11) is -3.27. The molecule has 0 bridgehead atoms. The van der Waals surface area contributed by atoms with Crippen LogP contribution in [0.4, 0.5) is 5.69 Å². The van der Waals surface area contributed by atoms with Gasteiger partial charge >= 0.3 is 0 Å². The highest BCUT2D eigenvalue weighted by Gasteiger charge is 2.25. The predicted octanol–water partition coefficient (Wildman–Crippen LogP) is 1.20. The van der Waals surface area contributed by atoms with E-state index >= 15 is 0 Å². The van der Waals surface area contributed by atoms with E-state index in [4.69, 9.17) is 4.74 Å². The van der Waals surface area contributed by atoms with Gasteiger partial charge in [0.2, 0.25) is 0 Å². The molecule has 17 heavy (non-hydrogen) atoms. The number of carbonyl (C=O) groups excluding carboxylic acids is 1. The Balaban J connectivity index is 2.46. The normalized spacial score (nSPS) is 19.2. The number of ether oxygens (including phenoxy) is 1. The van der Waals surface area contributed by atoms with Crippen LogP contribution in [-0.2, 0) is 14.6 Å². The molecule has 0 saturated carbocycles. The fourth-order valence-electron chi connectivity index (χ4n) is 1.55. The summed E-state index contributed by atoms with van der Waals surface area (Å²) in [5, 5.41) is 2.62. The van der Waals surface area contributed by atoms with E-state index in [2.05, 4.69) is 5.32 Å². The Kier molecular flexibility index (Phi) is 2.82. The molecule has 2 rings (SSSR count). The largest absolute Gasteiger partial charge is 0.479 e. The number of amides is 1. The van der Waals surface area contributed by atoms with Crippen LogP contribution in [0, 0.1) is 0 Å². The van der Waals surface area contributed by atoms with Crippen molar-refractivity contribution in [1.29, 1.82) is 0 Å². The van der Waals surface area contributed by atoms with Crippen molar-refractivity contribution in [2.24, 2.45) is 0 Å². The summed E-state index contributed by atoms with van der Waals surface area (Å²) >= 11 is 0. The maximum atomic E-state index is 11.7. The first-order valence-electron chi connectivity index (χ1n) is 5.28. The van der Waals surface area contributed by atoms with Crippen molar-refractivity contribution in [3.8, 4) is 5.75 Å². The molecule has 0 spiro atoms. The number of carbonyl (C=O) groups is 1. The van der Waals surface area contributed by atoms with Crippen LogP contribution >= 0.6 is 0 Å². The number of hydrogen-bond acceptors (Lipinski definition) is 4. The van der Waals surface area contributed by atoms with Crippen molar-refractivity contribution in [3.63, 3.8) is 0 Å². The lowest BCUT2D eigenvalue weighted by molar-refractivity contribution is -0.122. The molecule has 0 unspecified atom stereocenters. The van der Waals surface area contributed by atoms with E-state index < -0.39 is 15.9 Å². The molecule has 0 aliphatic carbocycles. The van der Waals surface area contributed by atoms with Gasteiger partial charge in [0.1, 0.15) is 5.75 Å². The average Bonchev–Trinajstić information content (AvgIpc) is 2.30. The number of rotatable bonds is 2. The van der Waals surface area contributed by atoms with Crippen LogP contribution in [0.3, 0.4) is 0 Å². The van der Waals surface area contributed by atoms with E-state index in [1.54, 1.807) is 19.9 Å². The number of hydrogen-bond donors (Lipinski definition) is 1. The summed E-state index contributed by atoms with van der Waals surface area (Å²) in [6, 6.07) is 4.48. The fraction of sp³-hybridized carbons (Fsp3) is 0.364. The van der Waals surface area contributed by atoms with Crippen molar-refractivity contribution in [1.82, 2.24) is 0 Å². The summed E-state index contributed by atoms with van der Waals surface area (Å²) in [5.74, 6) is 0.243. The monoisotopic (exact) mass is 255 g/mol. The zero-order chi connectivity index (χ0) is 12.6. The Hall–Kier alpha value is -1.56. The molecule has 0 aromatic heterocycles. The number of anilines is 1. The Bertz CT molecular complexity index is 565. The second kappa shape index (κ2) is 4.03. The Labute approximate surface area is 99.7 Å². The molecule has 5 nitrogen and oxygen atoms in total. The van der Waals surface area contributed by atoms with Gasteiger partial charge in [-0.2, -0.15) is 0 Å². The molecule has 92 valence electrons. The third-order valence-corrected chi connectivity index (χ3v) is 4.35. The van der Waals surface area contributed by atoms with Gasteiger partial charge in [-0.25, -0.2) is 8.42 Å². The first kappa shape index (κ1) is 11.9. The average molecular weight is 255 g/mol. The number of fused-ring (bicyclic) bond motifs is 1. The van der Waals surface area contributed by atoms with Gasteiger partial charge in [0.25, 0.3) is 5.91 Å². The highest BCUT2D eigenvalue weighted by atomic mass is 32.2. The van der Waals surface area contributed by atoms with E-state index in [1.165, 1.54) is 12.1 Å². The number of benzene rings is 1. The molecular weight excluding hydrogens is 242 g/mol. The molecular formula is C11H13NO4S. The summed E-state index contributed by atoms with van der Waals surface area (Å²) in [4.78, 5) is 11.6. The molecule has 1 atom stereocenters. The van der Waals surface area contributed by atoms with Crippen molar-refractivity contribution >= 4 is 21.4 Å². The Morgan fingerprint density at radius 1 is 1.41 bits per heavy atom. The fourth-order valence-corrected chi connectivity index (χ4v) is 2.45. The topological polar surface area (TPSA) is 72.5 Å². The molecule has 1 amide bonds. The van der Waals surface area contributed by atoms with Gasteiger partial charge < -0.3 is 10.1 Å². The summed E-state index contributed by atoms with van der Waals surface area (Å²) in [6.07, 6.45) is -0.559. The van der Waals surface area contributed by atoms with Gasteiger partial charge in [-0.1, -0.05) is 6.92 Å². The maximum absolute atomic E-state index is 11.7. The molecule has 1 aliphatic rings. The van der Waals surface area contributed by atoms with Gasteiger partial charge in [0.15, 0.2) is 15.9 Å². The first-order valence-corrected chi connectivity index (χ1v) is 6.93.